The summed E-state index contributed by atoms with van der Waals surface area (Å²) in [7, 11) is 0. The van der Waals surface area contributed by atoms with Crippen LogP contribution >= 0.6 is 0 Å². The normalized spacial score (nSPS) is 16.8. The Kier molecular flexibility index (Phi) is 4.26. The van der Waals surface area contributed by atoms with E-state index in [1.54, 1.807) is 0 Å². The van der Waals surface area contributed by atoms with E-state index >= 15 is 0 Å². The largest absolute Gasteiger partial charge is 0.492 e. The van der Waals surface area contributed by atoms with Crippen molar-refractivity contribution in [2.75, 3.05) is 32.0 Å². The van der Waals surface area contributed by atoms with Gasteiger partial charge in [-0.25, -0.2) is 0 Å². The van der Waals surface area contributed by atoms with Gasteiger partial charge in [-0.3, -0.25) is 4.90 Å². The molecule has 0 spiro atoms. The topological polar surface area (TPSA) is 38.5 Å². The van der Waals surface area contributed by atoms with Crippen LogP contribution < -0.4 is 10.5 Å². The summed E-state index contributed by atoms with van der Waals surface area (Å²) >= 11 is 0. The molecule has 0 aliphatic carbocycles. The Morgan fingerprint density at radius 3 is 2.65 bits per heavy atom. The van der Waals surface area contributed by atoms with Gasteiger partial charge in [-0.1, -0.05) is 13.3 Å². The predicted molar refractivity (Wildman–Crippen MR) is 71.2 cm³/mol. The van der Waals surface area contributed by atoms with Crippen molar-refractivity contribution in [1.82, 2.24) is 4.90 Å². The summed E-state index contributed by atoms with van der Waals surface area (Å²) in [5, 5.41) is 0. The van der Waals surface area contributed by atoms with Gasteiger partial charge in [0.1, 0.15) is 12.4 Å². The lowest BCUT2D eigenvalue weighted by Gasteiger charge is -2.39. The molecule has 0 aromatic heterocycles. The summed E-state index contributed by atoms with van der Waals surface area (Å²) in [5.41, 5.74) is 6.39. The number of benzene rings is 1. The summed E-state index contributed by atoms with van der Waals surface area (Å²) in [5.74, 6) is 1.83. The van der Waals surface area contributed by atoms with Crippen molar-refractivity contribution < 1.29 is 4.74 Å². The average Bonchev–Trinajstić information content (AvgIpc) is 2.28. The molecule has 94 valence electrons. The second-order valence-corrected chi connectivity index (χ2v) is 4.83. The molecule has 0 atom stereocenters. The quantitative estimate of drug-likeness (QED) is 0.768. The summed E-state index contributed by atoms with van der Waals surface area (Å²) in [6.45, 7) is 6.55. The maximum absolute atomic E-state index is 5.67. The van der Waals surface area contributed by atoms with E-state index in [-0.39, 0.29) is 0 Å². The van der Waals surface area contributed by atoms with Crippen LogP contribution in [0, 0.1) is 5.92 Å². The number of rotatable bonds is 6. The minimum absolute atomic E-state index is 0.767. The Hall–Kier alpha value is -1.22. The molecule has 17 heavy (non-hydrogen) atoms. The highest BCUT2D eigenvalue weighted by Gasteiger charge is 2.24. The van der Waals surface area contributed by atoms with Crippen molar-refractivity contribution in [3.8, 4) is 5.75 Å². The van der Waals surface area contributed by atoms with Crippen LogP contribution in [0.25, 0.3) is 0 Å². The fraction of sp³-hybridized carbons (Fsp3) is 0.571. The first-order valence-corrected chi connectivity index (χ1v) is 6.48. The third-order valence-electron chi connectivity index (χ3n) is 3.29. The molecule has 2 rings (SSSR count). The van der Waals surface area contributed by atoms with Crippen LogP contribution in [-0.4, -0.2) is 31.1 Å². The van der Waals surface area contributed by atoms with Gasteiger partial charge in [0.25, 0.3) is 0 Å². The first-order chi connectivity index (χ1) is 8.28. The van der Waals surface area contributed by atoms with Crippen molar-refractivity contribution in [1.29, 1.82) is 0 Å². The minimum atomic E-state index is 0.767. The van der Waals surface area contributed by atoms with E-state index in [0.717, 1.165) is 30.5 Å². The maximum Gasteiger partial charge on any atom is 0.119 e. The Balaban J connectivity index is 1.59. The number of ether oxygens (including phenoxy) is 1. The Bertz CT molecular complexity index is 331. The highest BCUT2D eigenvalue weighted by Crippen LogP contribution is 2.20. The standard InChI is InChI=1S/C14H22N2O/c1-2-3-12-10-16(11-12)8-9-17-14-6-4-13(15)5-7-14/h4-7,12H,2-3,8-11,15H2,1H3. The molecule has 1 saturated heterocycles. The summed E-state index contributed by atoms with van der Waals surface area (Å²) in [4.78, 5) is 2.46. The maximum atomic E-state index is 5.67. The highest BCUT2D eigenvalue weighted by atomic mass is 16.5. The first-order valence-electron chi connectivity index (χ1n) is 6.48. The van der Waals surface area contributed by atoms with Crippen molar-refractivity contribution >= 4 is 5.69 Å². The predicted octanol–water partition coefficient (Wildman–Crippen LogP) is 2.38. The second-order valence-electron chi connectivity index (χ2n) is 4.83. The molecule has 3 heteroatoms. The Morgan fingerprint density at radius 1 is 1.29 bits per heavy atom. The lowest BCUT2D eigenvalue weighted by atomic mass is 9.95. The smallest absolute Gasteiger partial charge is 0.119 e. The van der Waals surface area contributed by atoms with Crippen molar-refractivity contribution in [2.45, 2.75) is 19.8 Å². The molecule has 1 aromatic carbocycles. The fourth-order valence-corrected chi connectivity index (χ4v) is 2.31. The number of anilines is 1. The van der Waals surface area contributed by atoms with Gasteiger partial charge in [-0.05, 0) is 36.6 Å². The van der Waals surface area contributed by atoms with Crippen LogP contribution in [0.1, 0.15) is 19.8 Å². The van der Waals surface area contributed by atoms with E-state index in [4.69, 9.17) is 10.5 Å². The van der Waals surface area contributed by atoms with Crippen LogP contribution in [0.2, 0.25) is 0 Å². The molecule has 1 heterocycles. The van der Waals surface area contributed by atoms with E-state index in [2.05, 4.69) is 11.8 Å². The molecular weight excluding hydrogens is 212 g/mol. The van der Waals surface area contributed by atoms with Gasteiger partial charge in [-0.2, -0.15) is 0 Å². The summed E-state index contributed by atoms with van der Waals surface area (Å²) < 4.78 is 5.67. The van der Waals surface area contributed by atoms with E-state index in [1.807, 2.05) is 24.3 Å². The third kappa shape index (κ3) is 3.63. The summed E-state index contributed by atoms with van der Waals surface area (Å²) in [6, 6.07) is 7.59. The zero-order chi connectivity index (χ0) is 12.1. The molecule has 0 unspecified atom stereocenters. The van der Waals surface area contributed by atoms with E-state index in [1.165, 1.54) is 25.9 Å². The lowest BCUT2D eigenvalue weighted by molar-refractivity contribution is 0.0772. The molecule has 0 radical (unpaired) electrons. The van der Waals surface area contributed by atoms with Gasteiger partial charge in [0.2, 0.25) is 0 Å². The van der Waals surface area contributed by atoms with Gasteiger partial charge >= 0.3 is 0 Å². The van der Waals surface area contributed by atoms with Crippen LogP contribution in [0.5, 0.6) is 5.75 Å². The van der Waals surface area contributed by atoms with Crippen molar-refractivity contribution in [2.24, 2.45) is 5.92 Å². The van der Waals surface area contributed by atoms with Crippen molar-refractivity contribution in [3.63, 3.8) is 0 Å². The molecule has 0 amide bonds. The molecule has 1 aliphatic heterocycles. The van der Waals surface area contributed by atoms with E-state index < -0.39 is 0 Å². The van der Waals surface area contributed by atoms with Gasteiger partial charge in [0.05, 0.1) is 0 Å². The zero-order valence-corrected chi connectivity index (χ0v) is 10.6. The van der Waals surface area contributed by atoms with Gasteiger partial charge in [0.15, 0.2) is 0 Å². The minimum Gasteiger partial charge on any atom is -0.492 e. The van der Waals surface area contributed by atoms with Crippen LogP contribution in [0.4, 0.5) is 5.69 Å². The molecule has 0 saturated carbocycles. The van der Waals surface area contributed by atoms with E-state index in [9.17, 15) is 0 Å². The average molecular weight is 234 g/mol. The second kappa shape index (κ2) is 5.92. The third-order valence-corrected chi connectivity index (χ3v) is 3.29. The number of hydrogen-bond acceptors (Lipinski definition) is 3. The van der Waals surface area contributed by atoms with Gasteiger partial charge < -0.3 is 10.5 Å². The van der Waals surface area contributed by atoms with Crippen LogP contribution in [-0.2, 0) is 0 Å². The van der Waals surface area contributed by atoms with Gasteiger partial charge in [0, 0.05) is 25.3 Å². The SMILES string of the molecule is CCCC1CN(CCOc2ccc(N)cc2)C1. The number of nitrogens with two attached hydrogens (primary N) is 1. The first kappa shape index (κ1) is 12.2. The number of hydrogen-bond donors (Lipinski definition) is 1. The van der Waals surface area contributed by atoms with Gasteiger partial charge in [-0.15, -0.1) is 0 Å². The molecule has 2 N–H and O–H groups in total. The molecule has 1 aliphatic rings. The molecule has 0 bridgehead atoms. The fourth-order valence-electron chi connectivity index (χ4n) is 2.31. The Morgan fingerprint density at radius 2 is 2.00 bits per heavy atom. The molecule has 3 nitrogen and oxygen atoms in total. The highest BCUT2D eigenvalue weighted by molar-refractivity contribution is 5.41. The molecule has 1 fully saturated rings. The number of likely N-dealkylation sites (tertiary alicyclic amines) is 1. The lowest BCUT2D eigenvalue weighted by Crippen LogP contribution is -2.48. The zero-order valence-electron chi connectivity index (χ0n) is 10.6. The Labute approximate surface area is 104 Å². The number of nitrogen functional groups attached to an aromatic ring is 1. The monoisotopic (exact) mass is 234 g/mol. The summed E-state index contributed by atoms with van der Waals surface area (Å²) in [6.07, 6.45) is 2.68. The van der Waals surface area contributed by atoms with Crippen molar-refractivity contribution in [3.05, 3.63) is 24.3 Å². The molecule has 1 aromatic rings. The van der Waals surface area contributed by atoms with Crippen LogP contribution in [0.3, 0.4) is 0 Å². The van der Waals surface area contributed by atoms with E-state index in [0.29, 0.717) is 0 Å². The molecular formula is C14H22N2O. The number of nitrogens with zero attached hydrogens (tertiary/aromatic N) is 1. The van der Waals surface area contributed by atoms with Crippen LogP contribution in [0.15, 0.2) is 24.3 Å².